The van der Waals surface area contributed by atoms with Crippen molar-refractivity contribution in [2.24, 2.45) is 0 Å². The van der Waals surface area contributed by atoms with E-state index in [0.717, 1.165) is 43.7 Å². The quantitative estimate of drug-likeness (QED) is 0.555. The highest BCUT2D eigenvalue weighted by Crippen LogP contribution is 2.22. The Hall–Kier alpha value is -1.36. The molecule has 6 heteroatoms. The molecule has 0 bridgehead atoms. The normalized spacial score (nSPS) is 11.2. The molecule has 0 aliphatic heterocycles. The molecule has 0 fully saturated rings. The predicted molar refractivity (Wildman–Crippen MR) is 87.9 cm³/mol. The zero-order valence-electron chi connectivity index (χ0n) is 12.9. The van der Waals surface area contributed by atoms with Crippen LogP contribution in [0.3, 0.4) is 0 Å². The number of nitrogens with one attached hydrogen (secondary N) is 1. The molecule has 5 nitrogen and oxygen atoms in total. The van der Waals surface area contributed by atoms with Gasteiger partial charge in [0.1, 0.15) is 5.52 Å². The van der Waals surface area contributed by atoms with Crippen molar-refractivity contribution in [3.8, 4) is 0 Å². The Morgan fingerprint density at radius 1 is 1.10 bits per heavy atom. The zero-order valence-corrected chi connectivity index (χ0v) is 13.7. The molecule has 2 rings (SSSR count). The molecule has 0 aliphatic rings. The standard InChI is InChI=1S/C15H24ClN5/c1-3-5-7-8-9-17-13-12-14(20-15(16)19-13)18-11-21(12)10-6-4-2/h11H,3-10H2,1-2H3,(H,17,19,20). The summed E-state index contributed by atoms with van der Waals surface area (Å²) in [4.78, 5) is 12.9. The Morgan fingerprint density at radius 2 is 1.90 bits per heavy atom. The smallest absolute Gasteiger partial charge is 0.226 e. The van der Waals surface area contributed by atoms with Gasteiger partial charge < -0.3 is 9.88 Å². The summed E-state index contributed by atoms with van der Waals surface area (Å²) in [5, 5.41) is 3.64. The third-order valence-electron chi connectivity index (χ3n) is 3.52. The summed E-state index contributed by atoms with van der Waals surface area (Å²) in [5.74, 6) is 0.801. The second-order valence-electron chi connectivity index (χ2n) is 5.29. The molecule has 2 heterocycles. The third kappa shape index (κ3) is 4.30. The van der Waals surface area contributed by atoms with Gasteiger partial charge in [0.2, 0.25) is 5.28 Å². The molecule has 0 aliphatic carbocycles. The summed E-state index contributed by atoms with van der Waals surface area (Å²) in [6.07, 6.45) is 8.98. The number of halogens is 1. The van der Waals surface area contributed by atoms with Crippen LogP contribution in [-0.2, 0) is 6.54 Å². The highest BCUT2D eigenvalue weighted by molar-refractivity contribution is 6.28. The van der Waals surface area contributed by atoms with Gasteiger partial charge in [0.15, 0.2) is 11.5 Å². The van der Waals surface area contributed by atoms with Crippen molar-refractivity contribution in [3.05, 3.63) is 11.6 Å². The van der Waals surface area contributed by atoms with Crippen molar-refractivity contribution in [1.29, 1.82) is 0 Å². The number of fused-ring (bicyclic) bond motifs is 1. The van der Waals surface area contributed by atoms with Crippen LogP contribution in [0.5, 0.6) is 0 Å². The molecule has 0 saturated carbocycles. The van der Waals surface area contributed by atoms with E-state index in [4.69, 9.17) is 11.6 Å². The number of imidazole rings is 1. The van der Waals surface area contributed by atoms with Crippen LogP contribution in [0.1, 0.15) is 52.4 Å². The molecular weight excluding hydrogens is 286 g/mol. The first kappa shape index (κ1) is 16.0. The van der Waals surface area contributed by atoms with E-state index in [9.17, 15) is 0 Å². The van der Waals surface area contributed by atoms with Crippen molar-refractivity contribution in [3.63, 3.8) is 0 Å². The average molecular weight is 310 g/mol. The lowest BCUT2D eigenvalue weighted by molar-refractivity contribution is 0.645. The van der Waals surface area contributed by atoms with E-state index in [1.807, 2.05) is 6.33 Å². The van der Waals surface area contributed by atoms with Gasteiger partial charge in [0, 0.05) is 13.1 Å². The van der Waals surface area contributed by atoms with Crippen LogP contribution in [0.15, 0.2) is 6.33 Å². The first-order chi connectivity index (χ1) is 10.3. The molecule has 0 spiro atoms. The monoisotopic (exact) mass is 309 g/mol. The number of rotatable bonds is 9. The summed E-state index contributed by atoms with van der Waals surface area (Å²) < 4.78 is 2.11. The lowest BCUT2D eigenvalue weighted by Gasteiger charge is -2.09. The highest BCUT2D eigenvalue weighted by atomic mass is 35.5. The fraction of sp³-hybridized carbons (Fsp3) is 0.667. The van der Waals surface area contributed by atoms with Crippen LogP contribution in [0.4, 0.5) is 5.82 Å². The zero-order chi connectivity index (χ0) is 15.1. The first-order valence-electron chi connectivity index (χ1n) is 7.88. The minimum atomic E-state index is 0.249. The molecule has 0 atom stereocenters. The van der Waals surface area contributed by atoms with Crippen molar-refractivity contribution in [2.45, 2.75) is 58.9 Å². The maximum atomic E-state index is 5.99. The van der Waals surface area contributed by atoms with Gasteiger partial charge >= 0.3 is 0 Å². The molecule has 2 aromatic heterocycles. The van der Waals surface area contributed by atoms with Gasteiger partial charge in [-0.15, -0.1) is 0 Å². The highest BCUT2D eigenvalue weighted by Gasteiger charge is 2.12. The van der Waals surface area contributed by atoms with Crippen LogP contribution in [0.25, 0.3) is 11.2 Å². The number of hydrogen-bond donors (Lipinski definition) is 1. The molecular formula is C15H24ClN5. The summed E-state index contributed by atoms with van der Waals surface area (Å²) in [7, 11) is 0. The molecule has 0 saturated heterocycles. The van der Waals surface area contributed by atoms with Gasteiger partial charge in [-0.25, -0.2) is 4.98 Å². The minimum absolute atomic E-state index is 0.249. The van der Waals surface area contributed by atoms with Crippen LogP contribution in [0, 0.1) is 0 Å². The Labute approximate surface area is 131 Å². The maximum absolute atomic E-state index is 5.99. The van der Waals surface area contributed by atoms with Gasteiger partial charge in [-0.3, -0.25) is 0 Å². The minimum Gasteiger partial charge on any atom is -0.368 e. The molecule has 0 unspecified atom stereocenters. The molecule has 2 aromatic rings. The summed E-state index contributed by atoms with van der Waals surface area (Å²) in [6, 6.07) is 0. The topological polar surface area (TPSA) is 55.6 Å². The van der Waals surface area contributed by atoms with E-state index in [2.05, 4.69) is 38.7 Å². The van der Waals surface area contributed by atoms with Crippen LogP contribution < -0.4 is 5.32 Å². The summed E-state index contributed by atoms with van der Waals surface area (Å²) in [5.41, 5.74) is 1.63. The number of aryl methyl sites for hydroxylation is 1. The van der Waals surface area contributed by atoms with E-state index in [1.54, 1.807) is 0 Å². The molecule has 116 valence electrons. The van der Waals surface area contributed by atoms with Gasteiger partial charge in [0.25, 0.3) is 0 Å². The Bertz CT molecular complexity index is 566. The van der Waals surface area contributed by atoms with Gasteiger partial charge in [-0.05, 0) is 24.4 Å². The van der Waals surface area contributed by atoms with Gasteiger partial charge in [-0.1, -0.05) is 39.5 Å². The first-order valence-corrected chi connectivity index (χ1v) is 8.26. The lowest BCUT2D eigenvalue weighted by atomic mass is 10.2. The summed E-state index contributed by atoms with van der Waals surface area (Å²) >= 11 is 5.99. The summed E-state index contributed by atoms with van der Waals surface area (Å²) in [6.45, 7) is 6.23. The molecule has 1 N–H and O–H groups in total. The fourth-order valence-corrected chi connectivity index (χ4v) is 2.50. The number of aromatic nitrogens is 4. The van der Waals surface area contributed by atoms with E-state index in [-0.39, 0.29) is 5.28 Å². The second kappa shape index (κ2) is 8.17. The molecule has 0 amide bonds. The largest absolute Gasteiger partial charge is 0.368 e. The van der Waals surface area contributed by atoms with Crippen LogP contribution in [0.2, 0.25) is 5.28 Å². The van der Waals surface area contributed by atoms with Crippen molar-refractivity contribution >= 4 is 28.6 Å². The third-order valence-corrected chi connectivity index (χ3v) is 3.69. The van der Waals surface area contributed by atoms with Crippen LogP contribution in [-0.4, -0.2) is 26.1 Å². The second-order valence-corrected chi connectivity index (χ2v) is 5.63. The average Bonchev–Trinajstić information content (AvgIpc) is 2.87. The van der Waals surface area contributed by atoms with E-state index < -0.39 is 0 Å². The Kier molecular flexibility index (Phi) is 6.23. The number of hydrogen-bond acceptors (Lipinski definition) is 4. The molecule has 0 aromatic carbocycles. The van der Waals surface area contributed by atoms with Gasteiger partial charge in [-0.2, -0.15) is 9.97 Å². The fourth-order valence-electron chi connectivity index (χ4n) is 2.33. The van der Waals surface area contributed by atoms with Crippen molar-refractivity contribution in [1.82, 2.24) is 19.5 Å². The maximum Gasteiger partial charge on any atom is 0.226 e. The lowest BCUT2D eigenvalue weighted by Crippen LogP contribution is -2.07. The molecule has 0 radical (unpaired) electrons. The predicted octanol–water partition coefficient (Wildman–Crippen LogP) is 4.27. The van der Waals surface area contributed by atoms with Crippen LogP contribution >= 0.6 is 11.6 Å². The van der Waals surface area contributed by atoms with E-state index >= 15 is 0 Å². The van der Waals surface area contributed by atoms with E-state index in [1.165, 1.54) is 19.3 Å². The van der Waals surface area contributed by atoms with Crippen molar-refractivity contribution < 1.29 is 0 Å². The Balaban J connectivity index is 2.13. The van der Waals surface area contributed by atoms with E-state index in [0.29, 0.717) is 5.65 Å². The Morgan fingerprint density at radius 3 is 2.67 bits per heavy atom. The number of unbranched alkanes of at least 4 members (excludes halogenated alkanes) is 4. The number of anilines is 1. The SMILES string of the molecule is CCCCCCNc1nc(Cl)nc2ncn(CCCC)c12. The molecule has 21 heavy (non-hydrogen) atoms. The number of nitrogens with zero attached hydrogens (tertiary/aromatic N) is 4. The van der Waals surface area contributed by atoms with Gasteiger partial charge in [0.05, 0.1) is 6.33 Å². The van der Waals surface area contributed by atoms with Crippen molar-refractivity contribution in [2.75, 3.05) is 11.9 Å².